The minimum Gasteiger partial charge on any atom is -0.440 e. The average molecular weight is 220 g/mol. The second kappa shape index (κ2) is 4.15. The zero-order valence-electron chi connectivity index (χ0n) is 7.48. The zero-order valence-corrected chi connectivity index (χ0v) is 8.29. The van der Waals surface area contributed by atoms with Crippen LogP contribution in [0.15, 0.2) is 45.2 Å². The maximum absolute atomic E-state index is 13.0. The Balaban J connectivity index is 2.29. The van der Waals surface area contributed by atoms with Gasteiger partial charge in [-0.2, -0.15) is 5.26 Å². The third-order valence-corrected chi connectivity index (χ3v) is 2.46. The third-order valence-electron chi connectivity index (χ3n) is 1.62. The largest absolute Gasteiger partial charge is 0.440 e. The van der Waals surface area contributed by atoms with Crippen LogP contribution in [0.2, 0.25) is 0 Å². The van der Waals surface area contributed by atoms with E-state index in [4.69, 9.17) is 9.68 Å². The van der Waals surface area contributed by atoms with E-state index in [2.05, 4.69) is 4.98 Å². The number of benzene rings is 1. The number of hydrogen-bond donors (Lipinski definition) is 0. The van der Waals surface area contributed by atoms with E-state index in [1.54, 1.807) is 6.07 Å². The molecule has 1 aromatic heterocycles. The zero-order chi connectivity index (χ0) is 10.7. The lowest BCUT2D eigenvalue weighted by molar-refractivity contribution is 0.454. The van der Waals surface area contributed by atoms with Crippen molar-refractivity contribution < 1.29 is 8.81 Å². The number of hydrogen-bond acceptors (Lipinski definition) is 4. The molecule has 2 rings (SSSR count). The van der Waals surface area contributed by atoms with Gasteiger partial charge >= 0.3 is 0 Å². The molecule has 0 aliphatic heterocycles. The van der Waals surface area contributed by atoms with Crippen LogP contribution in [0.4, 0.5) is 4.39 Å². The van der Waals surface area contributed by atoms with Gasteiger partial charge in [0.2, 0.25) is 0 Å². The third kappa shape index (κ3) is 2.36. The van der Waals surface area contributed by atoms with Crippen LogP contribution in [0.3, 0.4) is 0 Å². The fraction of sp³-hybridized carbons (Fsp3) is 0. The molecule has 0 atom stereocenters. The summed E-state index contributed by atoms with van der Waals surface area (Å²) in [5, 5.41) is 9.07. The first kappa shape index (κ1) is 9.74. The Morgan fingerprint density at radius 3 is 2.93 bits per heavy atom. The highest BCUT2D eigenvalue weighted by Crippen LogP contribution is 2.27. The monoisotopic (exact) mass is 220 g/mol. The molecule has 0 saturated heterocycles. The van der Waals surface area contributed by atoms with Crippen LogP contribution in [-0.4, -0.2) is 4.98 Å². The minimum atomic E-state index is -0.442. The van der Waals surface area contributed by atoms with Crippen LogP contribution in [0.25, 0.3) is 0 Å². The van der Waals surface area contributed by atoms with Crippen LogP contribution < -0.4 is 0 Å². The Hall–Kier alpha value is -1.80. The summed E-state index contributed by atoms with van der Waals surface area (Å²) in [6.07, 6.45) is 2.94. The van der Waals surface area contributed by atoms with Crippen LogP contribution >= 0.6 is 11.8 Å². The van der Waals surface area contributed by atoms with Gasteiger partial charge in [-0.05, 0) is 30.0 Å². The van der Waals surface area contributed by atoms with Crippen LogP contribution in [0.1, 0.15) is 5.56 Å². The van der Waals surface area contributed by atoms with Gasteiger partial charge in [0.15, 0.2) is 0 Å². The minimum absolute atomic E-state index is 0.282. The van der Waals surface area contributed by atoms with Crippen molar-refractivity contribution in [2.24, 2.45) is 0 Å². The van der Waals surface area contributed by atoms with Gasteiger partial charge in [-0.3, -0.25) is 0 Å². The molecule has 0 bridgehead atoms. The van der Waals surface area contributed by atoms with Gasteiger partial charge in [0.1, 0.15) is 12.1 Å². The molecule has 3 nitrogen and oxygen atoms in total. The standard InChI is InChI=1S/C10H5FN2OS/c11-8-3-7(6-12)4-9(5-8)15-10-13-1-2-14-10/h1-5H. The lowest BCUT2D eigenvalue weighted by Crippen LogP contribution is -1.81. The van der Waals surface area contributed by atoms with Gasteiger partial charge in [-0.25, -0.2) is 9.37 Å². The second-order valence-corrected chi connectivity index (χ2v) is 3.71. The van der Waals surface area contributed by atoms with Crippen molar-refractivity contribution in [1.82, 2.24) is 4.98 Å². The molecule has 1 aromatic carbocycles. The molecular formula is C10H5FN2OS. The summed E-state index contributed by atoms with van der Waals surface area (Å²) in [6, 6.07) is 5.97. The summed E-state index contributed by atoms with van der Waals surface area (Å²) in [5.74, 6) is -0.442. The maximum Gasteiger partial charge on any atom is 0.260 e. The molecule has 0 fully saturated rings. The lowest BCUT2D eigenvalue weighted by Gasteiger charge is -1.98. The Morgan fingerprint density at radius 1 is 1.40 bits per heavy atom. The molecule has 0 radical (unpaired) electrons. The number of nitrogens with zero attached hydrogens (tertiary/aromatic N) is 2. The number of nitriles is 1. The van der Waals surface area contributed by atoms with Crippen LogP contribution in [-0.2, 0) is 0 Å². The van der Waals surface area contributed by atoms with E-state index in [1.165, 1.54) is 36.4 Å². The summed E-state index contributed by atoms with van der Waals surface area (Å²) in [7, 11) is 0. The average Bonchev–Trinajstić information content (AvgIpc) is 2.69. The van der Waals surface area contributed by atoms with E-state index in [-0.39, 0.29) is 5.56 Å². The maximum atomic E-state index is 13.0. The fourth-order valence-corrected chi connectivity index (χ4v) is 1.82. The highest BCUT2D eigenvalue weighted by molar-refractivity contribution is 7.99. The van der Waals surface area contributed by atoms with Gasteiger partial charge in [-0.15, -0.1) is 0 Å². The van der Waals surface area contributed by atoms with Crippen molar-refractivity contribution in [3.05, 3.63) is 42.0 Å². The fourth-order valence-electron chi connectivity index (χ4n) is 1.05. The molecule has 5 heteroatoms. The SMILES string of the molecule is N#Cc1cc(F)cc(Sc2ncco2)c1. The Bertz CT molecular complexity index is 505. The van der Waals surface area contributed by atoms with E-state index in [1.807, 2.05) is 6.07 Å². The Morgan fingerprint density at radius 2 is 2.27 bits per heavy atom. The van der Waals surface area contributed by atoms with Gasteiger partial charge < -0.3 is 4.42 Å². The van der Waals surface area contributed by atoms with Crippen molar-refractivity contribution >= 4 is 11.8 Å². The topological polar surface area (TPSA) is 49.8 Å². The van der Waals surface area contributed by atoms with Crippen molar-refractivity contribution in [1.29, 1.82) is 5.26 Å². The Labute approximate surface area is 89.5 Å². The smallest absolute Gasteiger partial charge is 0.260 e. The first-order chi connectivity index (χ1) is 7.28. The molecule has 1 heterocycles. The van der Waals surface area contributed by atoms with E-state index in [9.17, 15) is 4.39 Å². The molecule has 0 amide bonds. The molecular weight excluding hydrogens is 215 g/mol. The molecule has 0 unspecified atom stereocenters. The van der Waals surface area contributed by atoms with Gasteiger partial charge in [0.25, 0.3) is 5.22 Å². The summed E-state index contributed by atoms with van der Waals surface area (Å²) in [4.78, 5) is 4.48. The van der Waals surface area contributed by atoms with Crippen molar-refractivity contribution in [3.63, 3.8) is 0 Å². The molecule has 0 spiro atoms. The van der Waals surface area contributed by atoms with Crippen LogP contribution in [0.5, 0.6) is 0 Å². The molecule has 0 aliphatic carbocycles. The molecule has 15 heavy (non-hydrogen) atoms. The number of halogens is 1. The highest BCUT2D eigenvalue weighted by Gasteiger charge is 2.05. The first-order valence-corrected chi connectivity index (χ1v) is 4.87. The van der Waals surface area contributed by atoms with Crippen LogP contribution in [0, 0.1) is 17.1 Å². The normalized spacial score (nSPS) is 9.87. The molecule has 74 valence electrons. The van der Waals surface area contributed by atoms with Gasteiger partial charge in [0, 0.05) is 4.90 Å². The van der Waals surface area contributed by atoms with Crippen molar-refractivity contribution in [2.45, 2.75) is 10.1 Å². The van der Waals surface area contributed by atoms with Gasteiger partial charge in [0.05, 0.1) is 17.8 Å². The number of oxazole rings is 1. The second-order valence-electron chi connectivity index (χ2n) is 2.69. The summed E-state index contributed by atoms with van der Waals surface area (Å²) >= 11 is 1.17. The first-order valence-electron chi connectivity index (χ1n) is 4.06. The lowest BCUT2D eigenvalue weighted by atomic mass is 10.2. The quantitative estimate of drug-likeness (QED) is 0.780. The molecule has 0 N–H and O–H groups in total. The van der Waals surface area contributed by atoms with Gasteiger partial charge in [-0.1, -0.05) is 0 Å². The molecule has 2 aromatic rings. The van der Waals surface area contributed by atoms with E-state index in [0.717, 1.165) is 0 Å². The predicted octanol–water partition coefficient (Wildman–Crippen LogP) is 2.84. The van der Waals surface area contributed by atoms with Crippen molar-refractivity contribution in [3.8, 4) is 6.07 Å². The number of aromatic nitrogens is 1. The number of rotatable bonds is 2. The van der Waals surface area contributed by atoms with E-state index >= 15 is 0 Å². The molecule has 0 saturated carbocycles. The Kier molecular flexibility index (Phi) is 2.70. The predicted molar refractivity (Wildman–Crippen MR) is 51.7 cm³/mol. The summed E-state index contributed by atoms with van der Waals surface area (Å²) in [6.45, 7) is 0. The highest BCUT2D eigenvalue weighted by atomic mass is 32.2. The van der Waals surface area contributed by atoms with Crippen molar-refractivity contribution in [2.75, 3.05) is 0 Å². The summed E-state index contributed by atoms with van der Waals surface area (Å²) in [5.41, 5.74) is 0.282. The van der Waals surface area contributed by atoms with E-state index < -0.39 is 5.82 Å². The summed E-state index contributed by atoms with van der Waals surface area (Å²) < 4.78 is 18.0. The molecule has 0 aliphatic rings. The van der Waals surface area contributed by atoms with E-state index in [0.29, 0.717) is 10.1 Å².